The Kier molecular flexibility index (Phi) is 4.63. The number of nitrogens with one attached hydrogen (secondary N) is 1. The van der Waals surface area contributed by atoms with Crippen LogP contribution >= 0.6 is 0 Å². The first kappa shape index (κ1) is 16.1. The van der Waals surface area contributed by atoms with Crippen molar-refractivity contribution in [3.8, 4) is 5.88 Å². The summed E-state index contributed by atoms with van der Waals surface area (Å²) in [7, 11) is 0. The van der Waals surface area contributed by atoms with Crippen LogP contribution in [-0.4, -0.2) is 50.7 Å². The number of ether oxygens (including phenoxy) is 1. The van der Waals surface area contributed by atoms with E-state index in [9.17, 15) is 4.79 Å². The largest absolute Gasteiger partial charge is 0.477 e. The van der Waals surface area contributed by atoms with Gasteiger partial charge in [0.1, 0.15) is 6.33 Å². The topological polar surface area (TPSA) is 84.0 Å². The van der Waals surface area contributed by atoms with Gasteiger partial charge in [-0.25, -0.2) is 9.97 Å². The zero-order valence-corrected chi connectivity index (χ0v) is 14.2. The van der Waals surface area contributed by atoms with Crippen LogP contribution in [0.3, 0.4) is 0 Å². The van der Waals surface area contributed by atoms with E-state index < -0.39 is 0 Å². The van der Waals surface area contributed by atoms with Crippen molar-refractivity contribution in [3.05, 3.63) is 36.0 Å². The Morgan fingerprint density at radius 3 is 2.76 bits per heavy atom. The maximum Gasteiger partial charge on any atom is 0.257 e. The predicted molar refractivity (Wildman–Crippen MR) is 91.3 cm³/mol. The van der Waals surface area contributed by atoms with E-state index in [1.165, 1.54) is 19.3 Å². The van der Waals surface area contributed by atoms with Gasteiger partial charge in [-0.05, 0) is 31.6 Å². The molecule has 0 unspecified atom stereocenters. The number of hydrogen-bond donors (Lipinski definition) is 1. The summed E-state index contributed by atoms with van der Waals surface area (Å²) in [5.41, 5.74) is 1.73. The monoisotopic (exact) mass is 341 g/mol. The summed E-state index contributed by atoms with van der Waals surface area (Å²) in [5, 5.41) is 6.53. The number of piperidine rings is 1. The Morgan fingerprint density at radius 1 is 1.24 bits per heavy atom. The summed E-state index contributed by atoms with van der Waals surface area (Å²) < 4.78 is 5.90. The summed E-state index contributed by atoms with van der Waals surface area (Å²) in [4.78, 5) is 22.8. The summed E-state index contributed by atoms with van der Waals surface area (Å²) in [5.74, 6) is 1.76. The molecule has 0 atom stereocenters. The van der Waals surface area contributed by atoms with Gasteiger partial charge in [-0.2, -0.15) is 5.10 Å². The molecular formula is C18H23N5O2. The summed E-state index contributed by atoms with van der Waals surface area (Å²) in [6, 6.07) is 1.99. The van der Waals surface area contributed by atoms with Gasteiger partial charge in [-0.1, -0.05) is 6.42 Å². The second-order valence-corrected chi connectivity index (χ2v) is 6.94. The molecule has 1 saturated carbocycles. The fraction of sp³-hybridized carbons (Fsp3) is 0.556. The van der Waals surface area contributed by atoms with E-state index in [1.807, 2.05) is 11.0 Å². The molecule has 0 bridgehead atoms. The van der Waals surface area contributed by atoms with Gasteiger partial charge in [0.25, 0.3) is 5.91 Å². The Morgan fingerprint density at radius 2 is 2.08 bits per heavy atom. The Hall–Kier alpha value is -2.44. The van der Waals surface area contributed by atoms with Crippen molar-refractivity contribution in [1.29, 1.82) is 0 Å². The van der Waals surface area contributed by atoms with Crippen LogP contribution in [0.5, 0.6) is 5.88 Å². The SMILES string of the molecule is O=C(c1cn[nH]c1)N1CCC(COc2cc(C3CCC3)ncn2)CC1. The third-order valence-corrected chi connectivity index (χ3v) is 5.30. The molecule has 25 heavy (non-hydrogen) atoms. The van der Waals surface area contributed by atoms with E-state index in [0.717, 1.165) is 31.6 Å². The van der Waals surface area contributed by atoms with Crippen molar-refractivity contribution in [1.82, 2.24) is 25.1 Å². The molecule has 1 aliphatic carbocycles. The number of amides is 1. The van der Waals surface area contributed by atoms with E-state index in [4.69, 9.17) is 4.74 Å². The van der Waals surface area contributed by atoms with E-state index >= 15 is 0 Å². The Balaban J connectivity index is 1.26. The average Bonchev–Trinajstić information content (AvgIpc) is 3.13. The van der Waals surface area contributed by atoms with Gasteiger partial charge in [0.15, 0.2) is 0 Å². The van der Waals surface area contributed by atoms with E-state index in [1.54, 1.807) is 18.7 Å². The quantitative estimate of drug-likeness (QED) is 0.903. The second-order valence-electron chi connectivity index (χ2n) is 6.94. The van der Waals surface area contributed by atoms with E-state index in [-0.39, 0.29) is 5.91 Å². The van der Waals surface area contributed by atoms with Crippen LogP contribution in [0, 0.1) is 5.92 Å². The highest BCUT2D eigenvalue weighted by Gasteiger charge is 2.25. The molecule has 1 amide bonds. The number of aromatic amines is 1. The van der Waals surface area contributed by atoms with Gasteiger partial charge in [0, 0.05) is 31.3 Å². The zero-order valence-electron chi connectivity index (χ0n) is 14.2. The van der Waals surface area contributed by atoms with Crippen molar-refractivity contribution in [2.75, 3.05) is 19.7 Å². The number of H-pyrrole nitrogens is 1. The standard InChI is InChI=1S/C18H23N5O2/c24-18(15-9-21-22-10-15)23-6-4-13(5-7-23)11-25-17-8-16(19-12-20-17)14-2-1-3-14/h8-10,12-14H,1-7,11H2,(H,21,22). The molecule has 7 nitrogen and oxygen atoms in total. The third kappa shape index (κ3) is 3.65. The maximum atomic E-state index is 12.3. The van der Waals surface area contributed by atoms with Gasteiger partial charge in [0.2, 0.25) is 5.88 Å². The molecule has 2 aliphatic rings. The van der Waals surface area contributed by atoms with Crippen LogP contribution in [0.25, 0.3) is 0 Å². The first-order chi connectivity index (χ1) is 12.3. The lowest BCUT2D eigenvalue weighted by molar-refractivity contribution is 0.0659. The molecule has 7 heteroatoms. The summed E-state index contributed by atoms with van der Waals surface area (Å²) in [6.07, 6.45) is 10.5. The molecule has 1 N–H and O–H groups in total. The molecule has 1 saturated heterocycles. The molecule has 0 spiro atoms. The molecule has 1 aliphatic heterocycles. The van der Waals surface area contributed by atoms with Gasteiger partial charge < -0.3 is 9.64 Å². The van der Waals surface area contributed by atoms with Crippen LogP contribution in [0.2, 0.25) is 0 Å². The molecule has 0 radical (unpaired) electrons. The first-order valence-corrected chi connectivity index (χ1v) is 9.02. The fourth-order valence-corrected chi connectivity index (χ4v) is 3.42. The van der Waals surface area contributed by atoms with E-state index in [2.05, 4.69) is 20.2 Å². The van der Waals surface area contributed by atoms with Crippen molar-refractivity contribution in [2.24, 2.45) is 5.92 Å². The lowest BCUT2D eigenvalue weighted by Crippen LogP contribution is -2.39. The van der Waals surface area contributed by atoms with Crippen LogP contribution in [0.4, 0.5) is 0 Å². The number of nitrogens with zero attached hydrogens (tertiary/aromatic N) is 4. The molecule has 2 aromatic heterocycles. The van der Waals surface area contributed by atoms with Crippen molar-refractivity contribution in [3.63, 3.8) is 0 Å². The number of carbonyl (C=O) groups is 1. The Labute approximate surface area is 146 Å². The number of hydrogen-bond acceptors (Lipinski definition) is 5. The van der Waals surface area contributed by atoms with E-state index in [0.29, 0.717) is 29.9 Å². The molecule has 2 fully saturated rings. The zero-order chi connectivity index (χ0) is 17.1. The minimum atomic E-state index is 0.0501. The smallest absolute Gasteiger partial charge is 0.257 e. The predicted octanol–water partition coefficient (Wildman–Crippen LogP) is 2.40. The van der Waals surface area contributed by atoms with Crippen molar-refractivity contribution >= 4 is 5.91 Å². The highest BCUT2D eigenvalue weighted by molar-refractivity contribution is 5.93. The lowest BCUT2D eigenvalue weighted by Gasteiger charge is -2.31. The molecule has 132 valence electrons. The van der Waals surface area contributed by atoms with Gasteiger partial charge in [-0.15, -0.1) is 0 Å². The minimum absolute atomic E-state index is 0.0501. The van der Waals surface area contributed by atoms with Crippen LogP contribution in [0.1, 0.15) is 54.1 Å². The maximum absolute atomic E-state index is 12.3. The summed E-state index contributed by atoms with van der Waals surface area (Å²) >= 11 is 0. The molecule has 2 aromatic rings. The normalized spacial score (nSPS) is 18.8. The van der Waals surface area contributed by atoms with Gasteiger partial charge >= 0.3 is 0 Å². The molecule has 0 aromatic carbocycles. The van der Waals surface area contributed by atoms with Crippen LogP contribution in [-0.2, 0) is 0 Å². The number of likely N-dealkylation sites (tertiary alicyclic amines) is 1. The first-order valence-electron chi connectivity index (χ1n) is 9.02. The average molecular weight is 341 g/mol. The second kappa shape index (κ2) is 7.21. The number of carbonyl (C=O) groups excluding carboxylic acids is 1. The van der Waals surface area contributed by atoms with Crippen LogP contribution < -0.4 is 4.74 Å². The molecule has 4 rings (SSSR count). The molecular weight excluding hydrogens is 318 g/mol. The summed E-state index contributed by atoms with van der Waals surface area (Å²) in [6.45, 7) is 2.17. The fourth-order valence-electron chi connectivity index (χ4n) is 3.42. The lowest BCUT2D eigenvalue weighted by atomic mass is 9.83. The third-order valence-electron chi connectivity index (χ3n) is 5.30. The number of aromatic nitrogens is 4. The van der Waals surface area contributed by atoms with Gasteiger partial charge in [0.05, 0.1) is 24.1 Å². The van der Waals surface area contributed by atoms with Crippen LogP contribution in [0.15, 0.2) is 24.8 Å². The van der Waals surface area contributed by atoms with Gasteiger partial charge in [-0.3, -0.25) is 9.89 Å². The van der Waals surface area contributed by atoms with Crippen molar-refractivity contribution in [2.45, 2.75) is 38.0 Å². The highest BCUT2D eigenvalue weighted by Crippen LogP contribution is 2.35. The Bertz CT molecular complexity index is 706. The minimum Gasteiger partial charge on any atom is -0.477 e. The highest BCUT2D eigenvalue weighted by atomic mass is 16.5. The molecule has 3 heterocycles. The van der Waals surface area contributed by atoms with Crippen molar-refractivity contribution < 1.29 is 9.53 Å². The number of rotatable bonds is 5.